The third kappa shape index (κ3) is 2.33. The van der Waals surface area contributed by atoms with Crippen molar-refractivity contribution in [3.63, 3.8) is 0 Å². The van der Waals surface area contributed by atoms with Crippen LogP contribution in [0.3, 0.4) is 0 Å². The van der Waals surface area contributed by atoms with Crippen LogP contribution < -0.4 is 0 Å². The maximum Gasteiger partial charge on any atom is 0.140 e. The number of aliphatic hydroxyl groups excluding tert-OH is 1. The smallest absolute Gasteiger partial charge is 0.140 e. The molecule has 2 atom stereocenters. The van der Waals surface area contributed by atoms with Gasteiger partial charge in [-0.05, 0) is 13.3 Å². The van der Waals surface area contributed by atoms with Gasteiger partial charge in [-0.15, -0.1) is 0 Å². The Morgan fingerprint density at radius 2 is 2.29 bits per heavy atom. The van der Waals surface area contributed by atoms with Crippen molar-refractivity contribution >= 4 is 0 Å². The second kappa shape index (κ2) is 5.12. The predicted octanol–water partition coefficient (Wildman–Crippen LogP) is 1.27. The predicted molar refractivity (Wildman–Crippen MR) is 53.9 cm³/mol. The largest absolute Gasteiger partial charge is 0.382 e. The summed E-state index contributed by atoms with van der Waals surface area (Å²) in [6, 6.07) is 0. The summed E-state index contributed by atoms with van der Waals surface area (Å²) in [6.07, 6.45) is 3.47. The highest BCUT2D eigenvalue weighted by atomic mass is 16.5. The Bertz CT molecular complexity index is 273. The van der Waals surface area contributed by atoms with Crippen LogP contribution in [0.5, 0.6) is 0 Å². The van der Waals surface area contributed by atoms with Crippen molar-refractivity contribution in [3.05, 3.63) is 18.2 Å². The maximum atomic E-state index is 9.97. The SMILES string of the molecule is CCOC(CC)C(O)c1nccn1C. The Morgan fingerprint density at radius 3 is 2.71 bits per heavy atom. The number of imidazole rings is 1. The van der Waals surface area contributed by atoms with Gasteiger partial charge in [-0.1, -0.05) is 6.92 Å². The van der Waals surface area contributed by atoms with Crippen LogP contribution >= 0.6 is 0 Å². The van der Waals surface area contributed by atoms with Crippen LogP contribution in [0.4, 0.5) is 0 Å². The van der Waals surface area contributed by atoms with Crippen molar-refractivity contribution in [1.29, 1.82) is 0 Å². The van der Waals surface area contributed by atoms with Crippen molar-refractivity contribution in [2.75, 3.05) is 6.61 Å². The molecule has 0 fully saturated rings. The van der Waals surface area contributed by atoms with E-state index >= 15 is 0 Å². The van der Waals surface area contributed by atoms with Gasteiger partial charge in [0.05, 0.1) is 6.10 Å². The van der Waals surface area contributed by atoms with Crippen molar-refractivity contribution in [2.24, 2.45) is 7.05 Å². The molecule has 0 radical (unpaired) electrons. The lowest BCUT2D eigenvalue weighted by atomic mass is 10.1. The molecule has 0 bridgehead atoms. The normalized spacial score (nSPS) is 15.4. The van der Waals surface area contributed by atoms with E-state index in [9.17, 15) is 5.11 Å². The first-order chi connectivity index (χ1) is 6.70. The third-order valence-electron chi connectivity index (χ3n) is 2.26. The molecule has 4 heteroatoms. The Morgan fingerprint density at radius 1 is 1.57 bits per heavy atom. The standard InChI is InChI=1S/C10H18N2O2/c1-4-8(14-5-2)9(13)10-11-6-7-12(10)3/h6-9,13H,4-5H2,1-3H3. The Kier molecular flexibility index (Phi) is 4.10. The molecule has 0 aliphatic rings. The average molecular weight is 198 g/mol. The zero-order valence-corrected chi connectivity index (χ0v) is 8.97. The van der Waals surface area contributed by atoms with E-state index in [-0.39, 0.29) is 6.10 Å². The van der Waals surface area contributed by atoms with Crippen LogP contribution in [0.15, 0.2) is 12.4 Å². The van der Waals surface area contributed by atoms with E-state index in [2.05, 4.69) is 4.98 Å². The summed E-state index contributed by atoms with van der Waals surface area (Å²) in [7, 11) is 1.87. The highest BCUT2D eigenvalue weighted by molar-refractivity contribution is 4.97. The summed E-state index contributed by atoms with van der Waals surface area (Å²) < 4.78 is 7.24. The van der Waals surface area contributed by atoms with E-state index in [1.165, 1.54) is 0 Å². The summed E-state index contributed by atoms with van der Waals surface area (Å²) in [6.45, 7) is 4.53. The molecule has 1 aromatic heterocycles. The first kappa shape index (κ1) is 11.2. The number of ether oxygens (including phenoxy) is 1. The van der Waals surface area contributed by atoms with Crippen LogP contribution in [0, 0.1) is 0 Å². The van der Waals surface area contributed by atoms with E-state index in [0.717, 1.165) is 6.42 Å². The monoisotopic (exact) mass is 198 g/mol. The lowest BCUT2D eigenvalue weighted by Gasteiger charge is -2.20. The van der Waals surface area contributed by atoms with Gasteiger partial charge in [-0.3, -0.25) is 0 Å². The van der Waals surface area contributed by atoms with Gasteiger partial charge >= 0.3 is 0 Å². The molecule has 1 aromatic rings. The zero-order valence-electron chi connectivity index (χ0n) is 8.97. The van der Waals surface area contributed by atoms with E-state index < -0.39 is 6.10 Å². The minimum Gasteiger partial charge on any atom is -0.382 e. The van der Waals surface area contributed by atoms with E-state index in [0.29, 0.717) is 12.4 Å². The minimum atomic E-state index is -0.639. The Balaban J connectivity index is 2.72. The third-order valence-corrected chi connectivity index (χ3v) is 2.26. The fraction of sp³-hybridized carbons (Fsp3) is 0.700. The van der Waals surface area contributed by atoms with Crippen LogP contribution in [-0.2, 0) is 11.8 Å². The zero-order chi connectivity index (χ0) is 10.6. The summed E-state index contributed by atoms with van der Waals surface area (Å²) in [5.41, 5.74) is 0. The van der Waals surface area contributed by atoms with Crippen molar-refractivity contribution in [3.8, 4) is 0 Å². The number of aryl methyl sites for hydroxylation is 1. The molecule has 0 amide bonds. The van der Waals surface area contributed by atoms with Crippen molar-refractivity contribution in [2.45, 2.75) is 32.5 Å². The molecule has 0 spiro atoms. The van der Waals surface area contributed by atoms with E-state index in [4.69, 9.17) is 4.74 Å². The van der Waals surface area contributed by atoms with Gasteiger partial charge in [0.1, 0.15) is 11.9 Å². The molecule has 0 saturated carbocycles. The van der Waals surface area contributed by atoms with Gasteiger partial charge < -0.3 is 14.4 Å². The van der Waals surface area contributed by atoms with Crippen molar-refractivity contribution in [1.82, 2.24) is 9.55 Å². The molecule has 80 valence electrons. The van der Waals surface area contributed by atoms with Gasteiger partial charge in [0.25, 0.3) is 0 Å². The summed E-state index contributed by atoms with van der Waals surface area (Å²) in [5, 5.41) is 9.97. The first-order valence-corrected chi connectivity index (χ1v) is 4.97. The molecule has 1 N–H and O–H groups in total. The second-order valence-electron chi connectivity index (χ2n) is 3.24. The van der Waals surface area contributed by atoms with Crippen LogP contribution in [0.2, 0.25) is 0 Å². The highest BCUT2D eigenvalue weighted by Gasteiger charge is 2.22. The van der Waals surface area contributed by atoms with E-state index in [1.54, 1.807) is 6.20 Å². The second-order valence-corrected chi connectivity index (χ2v) is 3.24. The number of rotatable bonds is 5. The molecule has 14 heavy (non-hydrogen) atoms. The Hall–Kier alpha value is -0.870. The molecular weight excluding hydrogens is 180 g/mol. The van der Waals surface area contributed by atoms with Gasteiger partial charge in [-0.2, -0.15) is 0 Å². The molecular formula is C10H18N2O2. The van der Waals surface area contributed by atoms with Crippen LogP contribution in [0.25, 0.3) is 0 Å². The van der Waals surface area contributed by atoms with Gasteiger partial charge in [-0.25, -0.2) is 4.98 Å². The number of hydrogen-bond donors (Lipinski definition) is 1. The molecule has 0 saturated heterocycles. The molecule has 0 aromatic carbocycles. The minimum absolute atomic E-state index is 0.166. The van der Waals surface area contributed by atoms with Gasteiger partial charge in [0.15, 0.2) is 0 Å². The molecule has 0 aliphatic heterocycles. The fourth-order valence-corrected chi connectivity index (χ4v) is 1.47. The molecule has 1 rings (SSSR count). The number of aromatic nitrogens is 2. The lowest BCUT2D eigenvalue weighted by Crippen LogP contribution is -2.23. The van der Waals surface area contributed by atoms with Crippen LogP contribution in [-0.4, -0.2) is 27.4 Å². The maximum absolute atomic E-state index is 9.97. The number of nitrogens with zero attached hydrogens (tertiary/aromatic N) is 2. The first-order valence-electron chi connectivity index (χ1n) is 4.97. The summed E-state index contributed by atoms with van der Waals surface area (Å²) in [5.74, 6) is 0.658. The number of hydrogen-bond acceptors (Lipinski definition) is 3. The lowest BCUT2D eigenvalue weighted by molar-refractivity contribution is -0.0403. The van der Waals surface area contributed by atoms with Crippen molar-refractivity contribution < 1.29 is 9.84 Å². The van der Waals surface area contributed by atoms with Gasteiger partial charge in [0, 0.05) is 26.0 Å². The molecule has 1 heterocycles. The van der Waals surface area contributed by atoms with Crippen LogP contribution in [0.1, 0.15) is 32.2 Å². The average Bonchev–Trinajstić information content (AvgIpc) is 2.59. The fourth-order valence-electron chi connectivity index (χ4n) is 1.47. The summed E-state index contributed by atoms with van der Waals surface area (Å²) >= 11 is 0. The molecule has 2 unspecified atom stereocenters. The molecule has 4 nitrogen and oxygen atoms in total. The quantitative estimate of drug-likeness (QED) is 0.775. The highest BCUT2D eigenvalue weighted by Crippen LogP contribution is 2.19. The Labute approximate surface area is 84.5 Å². The molecule has 0 aliphatic carbocycles. The van der Waals surface area contributed by atoms with Gasteiger partial charge in [0.2, 0.25) is 0 Å². The van der Waals surface area contributed by atoms with E-state index in [1.807, 2.05) is 31.7 Å². The topological polar surface area (TPSA) is 47.3 Å². The number of aliphatic hydroxyl groups is 1. The summed E-state index contributed by atoms with van der Waals surface area (Å²) in [4.78, 5) is 4.10.